The summed E-state index contributed by atoms with van der Waals surface area (Å²) in [5.74, 6) is -0.654. The lowest BCUT2D eigenvalue weighted by molar-refractivity contribution is -0.755. The van der Waals surface area contributed by atoms with E-state index in [1.807, 2.05) is 0 Å². The smallest absolute Gasteiger partial charge is 0.196 e. The second-order valence-corrected chi connectivity index (χ2v) is 8.22. The van der Waals surface area contributed by atoms with Gasteiger partial charge in [-0.1, -0.05) is 34.1 Å². The number of pyridine rings is 1. The van der Waals surface area contributed by atoms with E-state index in [0.717, 1.165) is 4.47 Å². The van der Waals surface area contributed by atoms with E-state index in [9.17, 15) is 0 Å². The van der Waals surface area contributed by atoms with Crippen molar-refractivity contribution in [3.63, 3.8) is 0 Å². The standard InChI is InChI=1S/C21H25BrNO2/c1-5-24-21(25-6-2)18-16-12-7-8-13-23(16)19(20(21,3)4)14-10-9-11-15(22)17(14)18/h7-13,18-19H,5-6H2,1-4H3/q+1/t18-,19+/m1/s1. The maximum atomic E-state index is 6.47. The van der Waals surface area contributed by atoms with E-state index in [1.165, 1.54) is 16.8 Å². The highest BCUT2D eigenvalue weighted by molar-refractivity contribution is 9.10. The highest BCUT2D eigenvalue weighted by atomic mass is 79.9. The van der Waals surface area contributed by atoms with Crippen molar-refractivity contribution >= 4 is 15.9 Å². The van der Waals surface area contributed by atoms with Crippen molar-refractivity contribution < 1.29 is 14.0 Å². The van der Waals surface area contributed by atoms with Crippen molar-refractivity contribution in [3.8, 4) is 0 Å². The molecule has 3 heterocycles. The van der Waals surface area contributed by atoms with Gasteiger partial charge in [0.25, 0.3) is 0 Å². The van der Waals surface area contributed by atoms with Crippen molar-refractivity contribution in [2.45, 2.75) is 45.4 Å². The molecule has 0 amide bonds. The van der Waals surface area contributed by atoms with E-state index >= 15 is 0 Å². The molecule has 0 fully saturated rings. The van der Waals surface area contributed by atoms with E-state index in [2.05, 4.69) is 90.8 Å². The summed E-state index contributed by atoms with van der Waals surface area (Å²) in [5.41, 5.74) is 3.72. The molecule has 3 nitrogen and oxygen atoms in total. The largest absolute Gasteiger partial charge is 0.348 e. The minimum atomic E-state index is -0.681. The molecule has 0 saturated carbocycles. The second kappa shape index (κ2) is 5.90. The SMILES string of the molecule is CCOC1(OCC)[C@H]2c3c(Br)cccc3[C@H]([n+]3ccccc32)C1(C)C. The van der Waals surface area contributed by atoms with Gasteiger partial charge < -0.3 is 9.47 Å². The van der Waals surface area contributed by atoms with Crippen LogP contribution in [0.5, 0.6) is 0 Å². The van der Waals surface area contributed by atoms with E-state index in [0.29, 0.717) is 13.2 Å². The molecule has 2 atom stereocenters. The Balaban J connectivity index is 2.10. The van der Waals surface area contributed by atoms with Crippen LogP contribution in [-0.4, -0.2) is 19.0 Å². The summed E-state index contributed by atoms with van der Waals surface area (Å²) >= 11 is 3.81. The van der Waals surface area contributed by atoms with Gasteiger partial charge in [0.2, 0.25) is 0 Å². The Kier molecular flexibility index (Phi) is 4.06. The summed E-state index contributed by atoms with van der Waals surface area (Å²) in [5, 5.41) is 0. The average Bonchev–Trinajstić information content (AvgIpc) is 2.58. The molecule has 2 aromatic rings. The third-order valence-corrected chi connectivity index (χ3v) is 6.54. The zero-order valence-electron chi connectivity index (χ0n) is 15.3. The van der Waals surface area contributed by atoms with Gasteiger partial charge >= 0.3 is 0 Å². The lowest BCUT2D eigenvalue weighted by Crippen LogP contribution is -2.71. The van der Waals surface area contributed by atoms with Gasteiger partial charge in [0.1, 0.15) is 5.92 Å². The van der Waals surface area contributed by atoms with Crippen LogP contribution in [0.1, 0.15) is 56.5 Å². The van der Waals surface area contributed by atoms with Gasteiger partial charge in [0.05, 0.1) is 5.41 Å². The Morgan fingerprint density at radius 1 is 1.04 bits per heavy atom. The summed E-state index contributed by atoms with van der Waals surface area (Å²) in [6, 6.07) is 13.1. The molecule has 2 bridgehead atoms. The van der Waals surface area contributed by atoms with Crippen LogP contribution >= 0.6 is 15.9 Å². The number of halogens is 1. The van der Waals surface area contributed by atoms with Crippen LogP contribution in [0.2, 0.25) is 0 Å². The molecular weight excluding hydrogens is 378 g/mol. The number of fused-ring (bicyclic) bond motifs is 1. The van der Waals surface area contributed by atoms with Gasteiger partial charge in [-0.25, -0.2) is 0 Å². The van der Waals surface area contributed by atoms with Crippen LogP contribution in [0.15, 0.2) is 47.1 Å². The normalized spacial score (nSPS) is 24.7. The van der Waals surface area contributed by atoms with Crippen LogP contribution in [0, 0.1) is 5.41 Å². The average molecular weight is 403 g/mol. The molecule has 4 heteroatoms. The molecule has 0 saturated heterocycles. The number of aromatic nitrogens is 1. The molecule has 1 aliphatic carbocycles. The summed E-state index contributed by atoms with van der Waals surface area (Å²) < 4.78 is 16.5. The topological polar surface area (TPSA) is 22.3 Å². The molecule has 0 radical (unpaired) electrons. The Bertz CT molecular complexity index is 811. The molecule has 0 N–H and O–H groups in total. The number of nitrogens with zero attached hydrogens (tertiary/aromatic N) is 1. The summed E-state index contributed by atoms with van der Waals surface area (Å²) in [6.07, 6.45) is 2.19. The minimum absolute atomic E-state index is 0.0270. The fourth-order valence-corrected chi connectivity index (χ4v) is 5.65. The maximum Gasteiger partial charge on any atom is 0.196 e. The van der Waals surface area contributed by atoms with Crippen molar-refractivity contribution in [3.05, 3.63) is 63.9 Å². The lowest BCUT2D eigenvalue weighted by Gasteiger charge is -2.57. The van der Waals surface area contributed by atoms with Crippen molar-refractivity contribution in [2.75, 3.05) is 13.2 Å². The number of ether oxygens (including phenoxy) is 2. The van der Waals surface area contributed by atoms with E-state index in [4.69, 9.17) is 9.47 Å². The summed E-state index contributed by atoms with van der Waals surface area (Å²) in [7, 11) is 0. The Morgan fingerprint density at radius 2 is 1.76 bits per heavy atom. The van der Waals surface area contributed by atoms with Crippen LogP contribution in [0.4, 0.5) is 0 Å². The van der Waals surface area contributed by atoms with E-state index in [1.54, 1.807) is 0 Å². The molecule has 2 aliphatic heterocycles. The van der Waals surface area contributed by atoms with Crippen LogP contribution in [0.25, 0.3) is 0 Å². The summed E-state index contributed by atoms with van der Waals surface area (Å²) in [4.78, 5) is 0. The lowest BCUT2D eigenvalue weighted by atomic mass is 9.57. The summed E-state index contributed by atoms with van der Waals surface area (Å²) in [6.45, 7) is 9.92. The van der Waals surface area contributed by atoms with Gasteiger partial charge in [-0.15, -0.1) is 0 Å². The Hall–Kier alpha value is -1.23. The maximum absolute atomic E-state index is 6.47. The molecular formula is C21H25BrNO2+. The van der Waals surface area contributed by atoms with Gasteiger partial charge in [0, 0.05) is 35.4 Å². The van der Waals surface area contributed by atoms with E-state index in [-0.39, 0.29) is 17.4 Å². The van der Waals surface area contributed by atoms with Gasteiger partial charge in [-0.2, -0.15) is 4.57 Å². The van der Waals surface area contributed by atoms with Crippen molar-refractivity contribution in [1.82, 2.24) is 0 Å². The quantitative estimate of drug-likeness (QED) is 0.551. The predicted octanol–water partition coefficient (Wildman–Crippen LogP) is 4.58. The highest BCUT2D eigenvalue weighted by Crippen LogP contribution is 2.62. The zero-order chi connectivity index (χ0) is 17.8. The molecule has 5 rings (SSSR count). The molecule has 0 spiro atoms. The zero-order valence-corrected chi connectivity index (χ0v) is 16.8. The van der Waals surface area contributed by atoms with Crippen molar-refractivity contribution in [1.29, 1.82) is 0 Å². The molecule has 0 unspecified atom stereocenters. The Morgan fingerprint density at radius 3 is 2.44 bits per heavy atom. The predicted molar refractivity (Wildman–Crippen MR) is 101 cm³/mol. The van der Waals surface area contributed by atoms with E-state index < -0.39 is 5.79 Å². The first-order valence-electron chi connectivity index (χ1n) is 9.05. The molecule has 1 aromatic carbocycles. The molecule has 1 aromatic heterocycles. The molecule has 132 valence electrons. The fourth-order valence-electron chi connectivity index (χ4n) is 5.04. The van der Waals surface area contributed by atoms with Gasteiger partial charge in [0.15, 0.2) is 23.7 Å². The number of rotatable bonds is 4. The first-order valence-corrected chi connectivity index (χ1v) is 9.85. The highest BCUT2D eigenvalue weighted by Gasteiger charge is 2.70. The second-order valence-electron chi connectivity index (χ2n) is 7.37. The molecule has 3 aliphatic rings. The fraction of sp³-hybridized carbons (Fsp3) is 0.476. The molecule has 25 heavy (non-hydrogen) atoms. The Labute approximate surface area is 158 Å². The third kappa shape index (κ3) is 2.08. The minimum Gasteiger partial charge on any atom is -0.348 e. The third-order valence-electron chi connectivity index (χ3n) is 5.85. The van der Waals surface area contributed by atoms with Crippen LogP contribution in [0.3, 0.4) is 0 Å². The van der Waals surface area contributed by atoms with Crippen LogP contribution < -0.4 is 4.57 Å². The van der Waals surface area contributed by atoms with Gasteiger partial charge in [-0.05, 0) is 39.3 Å². The monoisotopic (exact) mass is 402 g/mol. The first-order chi connectivity index (χ1) is 12.0. The first kappa shape index (κ1) is 17.2. The number of hydrogen-bond acceptors (Lipinski definition) is 2. The number of benzene rings is 1. The van der Waals surface area contributed by atoms with Gasteiger partial charge in [-0.3, -0.25) is 0 Å². The number of hydrogen-bond donors (Lipinski definition) is 0. The van der Waals surface area contributed by atoms with Crippen LogP contribution in [-0.2, 0) is 9.47 Å². The van der Waals surface area contributed by atoms with Crippen molar-refractivity contribution in [2.24, 2.45) is 5.41 Å².